The van der Waals surface area contributed by atoms with Crippen molar-refractivity contribution in [1.82, 2.24) is 15.1 Å². The number of halogens is 1. The molecule has 156 valence electrons. The average molecular weight is 498 g/mol. The summed E-state index contributed by atoms with van der Waals surface area (Å²) >= 11 is 0. The molecule has 1 atom stereocenters. The standard InChI is InChI=1S/C22H34N4O.HI/c1-23-21(26-15-12-22(17-26)10-7-11-22)24-16-19(25-13-5-6-14-25)18-8-3-4-9-20(18)27-2;/h3-4,8-9,19H,5-7,10-17H2,1-2H3,(H,23,24);1H. The zero-order chi connectivity index (χ0) is 18.7. The molecule has 1 aromatic rings. The van der Waals surface area contributed by atoms with Gasteiger partial charge in [0.15, 0.2) is 5.96 Å². The zero-order valence-electron chi connectivity index (χ0n) is 17.3. The molecule has 1 aromatic carbocycles. The van der Waals surface area contributed by atoms with E-state index in [0.29, 0.717) is 11.5 Å². The summed E-state index contributed by atoms with van der Waals surface area (Å²) in [7, 11) is 3.69. The van der Waals surface area contributed by atoms with Crippen LogP contribution in [-0.4, -0.2) is 62.6 Å². The molecule has 2 heterocycles. The maximum Gasteiger partial charge on any atom is 0.193 e. The van der Waals surface area contributed by atoms with Gasteiger partial charge in [-0.1, -0.05) is 24.6 Å². The van der Waals surface area contributed by atoms with Gasteiger partial charge in [0.1, 0.15) is 5.75 Å². The molecular weight excluding hydrogens is 463 g/mol. The van der Waals surface area contributed by atoms with Gasteiger partial charge in [-0.25, -0.2) is 0 Å². The molecule has 3 fully saturated rings. The number of aliphatic imine (C=N–C) groups is 1. The molecule has 5 nitrogen and oxygen atoms in total. The number of hydrogen-bond donors (Lipinski definition) is 1. The lowest BCUT2D eigenvalue weighted by Crippen LogP contribution is -2.45. The summed E-state index contributed by atoms with van der Waals surface area (Å²) < 4.78 is 5.67. The highest BCUT2D eigenvalue weighted by molar-refractivity contribution is 14.0. The Kier molecular flexibility index (Phi) is 7.48. The third-order valence-electron chi connectivity index (χ3n) is 6.90. The van der Waals surface area contributed by atoms with E-state index in [-0.39, 0.29) is 24.0 Å². The van der Waals surface area contributed by atoms with Crippen LogP contribution >= 0.6 is 24.0 Å². The summed E-state index contributed by atoms with van der Waals surface area (Å²) in [4.78, 5) is 9.68. The lowest BCUT2D eigenvalue weighted by Gasteiger charge is -2.38. The van der Waals surface area contributed by atoms with Gasteiger partial charge in [-0.05, 0) is 56.7 Å². The smallest absolute Gasteiger partial charge is 0.193 e. The van der Waals surface area contributed by atoms with Gasteiger partial charge >= 0.3 is 0 Å². The van der Waals surface area contributed by atoms with Crippen molar-refractivity contribution in [3.8, 4) is 5.75 Å². The molecule has 1 spiro atoms. The van der Waals surface area contributed by atoms with Gasteiger partial charge in [0, 0.05) is 32.2 Å². The zero-order valence-corrected chi connectivity index (χ0v) is 19.7. The van der Waals surface area contributed by atoms with Crippen LogP contribution < -0.4 is 10.1 Å². The highest BCUT2D eigenvalue weighted by Crippen LogP contribution is 2.47. The molecule has 0 bridgehead atoms. The molecule has 3 aliphatic rings. The number of ether oxygens (including phenoxy) is 1. The average Bonchev–Trinajstić information content (AvgIpc) is 3.35. The highest BCUT2D eigenvalue weighted by atomic mass is 127. The van der Waals surface area contributed by atoms with Crippen LogP contribution in [0.4, 0.5) is 0 Å². The first-order valence-corrected chi connectivity index (χ1v) is 10.6. The van der Waals surface area contributed by atoms with E-state index in [9.17, 15) is 0 Å². The largest absolute Gasteiger partial charge is 0.496 e. The van der Waals surface area contributed by atoms with Gasteiger partial charge in [-0.2, -0.15) is 0 Å². The van der Waals surface area contributed by atoms with Crippen molar-refractivity contribution in [2.75, 3.05) is 46.9 Å². The van der Waals surface area contributed by atoms with Gasteiger partial charge in [0.25, 0.3) is 0 Å². The van der Waals surface area contributed by atoms with Crippen molar-refractivity contribution in [1.29, 1.82) is 0 Å². The maximum atomic E-state index is 5.67. The number of nitrogens with one attached hydrogen (secondary N) is 1. The first kappa shape index (κ1) is 21.7. The fourth-order valence-corrected chi connectivity index (χ4v) is 5.15. The van der Waals surface area contributed by atoms with Crippen molar-refractivity contribution in [2.45, 2.75) is 44.6 Å². The van der Waals surface area contributed by atoms with E-state index in [1.165, 1.54) is 50.6 Å². The van der Waals surface area contributed by atoms with Gasteiger partial charge < -0.3 is 15.0 Å². The van der Waals surface area contributed by atoms with E-state index in [1.807, 2.05) is 7.05 Å². The maximum absolute atomic E-state index is 5.67. The van der Waals surface area contributed by atoms with E-state index in [1.54, 1.807) is 7.11 Å². The third-order valence-corrected chi connectivity index (χ3v) is 6.90. The minimum atomic E-state index is 0. The number of para-hydroxylation sites is 1. The van der Waals surface area contributed by atoms with E-state index in [0.717, 1.165) is 37.9 Å². The molecule has 1 saturated carbocycles. The molecule has 0 amide bonds. The summed E-state index contributed by atoms with van der Waals surface area (Å²) in [6, 6.07) is 8.79. The number of rotatable bonds is 5. The van der Waals surface area contributed by atoms with Crippen LogP contribution in [0.15, 0.2) is 29.3 Å². The third kappa shape index (κ3) is 4.42. The van der Waals surface area contributed by atoms with Crippen LogP contribution in [0.2, 0.25) is 0 Å². The molecule has 6 heteroatoms. The van der Waals surface area contributed by atoms with Crippen LogP contribution in [0.25, 0.3) is 0 Å². The van der Waals surface area contributed by atoms with E-state index in [2.05, 4.69) is 44.4 Å². The van der Waals surface area contributed by atoms with Gasteiger partial charge in [-0.15, -0.1) is 24.0 Å². The lowest BCUT2D eigenvalue weighted by atomic mass is 9.68. The molecule has 2 saturated heterocycles. The van der Waals surface area contributed by atoms with Gasteiger partial charge in [0.05, 0.1) is 13.2 Å². The van der Waals surface area contributed by atoms with Crippen molar-refractivity contribution >= 4 is 29.9 Å². The predicted octanol–water partition coefficient (Wildman–Crippen LogP) is 3.90. The summed E-state index contributed by atoms with van der Waals surface area (Å²) in [5, 5.41) is 3.70. The Morgan fingerprint density at radius 2 is 1.89 bits per heavy atom. The Bertz CT molecular complexity index is 670. The van der Waals surface area contributed by atoms with E-state index < -0.39 is 0 Å². The lowest BCUT2D eigenvalue weighted by molar-refractivity contribution is 0.151. The number of benzene rings is 1. The first-order valence-electron chi connectivity index (χ1n) is 10.6. The second kappa shape index (κ2) is 9.65. The Balaban J connectivity index is 0.00000225. The first-order chi connectivity index (χ1) is 13.2. The van der Waals surface area contributed by atoms with Crippen molar-refractivity contribution in [3.63, 3.8) is 0 Å². The minimum absolute atomic E-state index is 0. The number of guanidine groups is 1. The molecule has 4 rings (SSSR count). The molecule has 0 radical (unpaired) electrons. The van der Waals surface area contributed by atoms with E-state index in [4.69, 9.17) is 4.74 Å². The molecular formula is C22H35IN4O. The summed E-state index contributed by atoms with van der Waals surface area (Å²) in [6.07, 6.45) is 8.11. The number of likely N-dealkylation sites (tertiary alicyclic amines) is 2. The predicted molar refractivity (Wildman–Crippen MR) is 126 cm³/mol. The van der Waals surface area contributed by atoms with Gasteiger partial charge in [-0.3, -0.25) is 9.89 Å². The highest BCUT2D eigenvalue weighted by Gasteiger charge is 2.43. The van der Waals surface area contributed by atoms with Crippen molar-refractivity contribution < 1.29 is 4.74 Å². The monoisotopic (exact) mass is 498 g/mol. The summed E-state index contributed by atoms with van der Waals surface area (Å²) in [5.74, 6) is 2.05. The van der Waals surface area contributed by atoms with Crippen LogP contribution in [0, 0.1) is 5.41 Å². The molecule has 28 heavy (non-hydrogen) atoms. The summed E-state index contributed by atoms with van der Waals surface area (Å²) in [6.45, 7) is 5.51. The minimum Gasteiger partial charge on any atom is -0.496 e. The second-order valence-corrected chi connectivity index (χ2v) is 8.45. The summed E-state index contributed by atoms with van der Waals surface area (Å²) in [5.41, 5.74) is 1.87. The van der Waals surface area contributed by atoms with Crippen LogP contribution in [0.3, 0.4) is 0 Å². The van der Waals surface area contributed by atoms with Crippen LogP contribution in [-0.2, 0) is 0 Å². The van der Waals surface area contributed by atoms with Crippen LogP contribution in [0.5, 0.6) is 5.75 Å². The Hall–Kier alpha value is -1.02. The molecule has 1 N–H and O–H groups in total. The Labute approximate surface area is 186 Å². The second-order valence-electron chi connectivity index (χ2n) is 8.45. The quantitative estimate of drug-likeness (QED) is 0.380. The normalized spacial score (nSPS) is 22.6. The van der Waals surface area contributed by atoms with Crippen LogP contribution in [0.1, 0.15) is 50.1 Å². The number of hydrogen-bond acceptors (Lipinski definition) is 3. The fraction of sp³-hybridized carbons (Fsp3) is 0.682. The molecule has 0 aromatic heterocycles. The fourth-order valence-electron chi connectivity index (χ4n) is 5.15. The van der Waals surface area contributed by atoms with E-state index >= 15 is 0 Å². The van der Waals surface area contributed by atoms with Crippen molar-refractivity contribution in [3.05, 3.63) is 29.8 Å². The Morgan fingerprint density at radius 1 is 1.14 bits per heavy atom. The topological polar surface area (TPSA) is 40.1 Å². The van der Waals surface area contributed by atoms with Crippen molar-refractivity contribution in [2.24, 2.45) is 10.4 Å². The molecule has 1 aliphatic carbocycles. The molecule has 2 aliphatic heterocycles. The SMILES string of the molecule is CN=C(NCC(c1ccccc1OC)N1CCCC1)N1CCC2(CCC2)C1.I. The number of nitrogens with zero attached hydrogens (tertiary/aromatic N) is 3. The molecule has 1 unspecified atom stereocenters. The number of methoxy groups -OCH3 is 1. The Morgan fingerprint density at radius 3 is 2.50 bits per heavy atom. The van der Waals surface area contributed by atoms with Gasteiger partial charge in [0.2, 0.25) is 0 Å².